The second-order valence-corrected chi connectivity index (χ2v) is 6.59. The van der Waals surface area contributed by atoms with Crippen molar-refractivity contribution in [3.05, 3.63) is 12.2 Å². The fourth-order valence-electron chi connectivity index (χ4n) is 3.24. The Balaban J connectivity index is 1.82. The SMILES string of the molecule is CCCNC1CCC(N(C)Cc2ncnn2C(C)C)CC1. The lowest BCUT2D eigenvalue weighted by molar-refractivity contribution is 0.162. The molecule has 0 bridgehead atoms. The van der Waals surface area contributed by atoms with Crippen molar-refractivity contribution in [1.82, 2.24) is 25.0 Å². The van der Waals surface area contributed by atoms with Crippen LogP contribution in [0.3, 0.4) is 0 Å². The Labute approximate surface area is 129 Å². The van der Waals surface area contributed by atoms with E-state index in [1.54, 1.807) is 6.33 Å². The van der Waals surface area contributed by atoms with E-state index in [-0.39, 0.29) is 0 Å². The normalized spacial score (nSPS) is 23.1. The van der Waals surface area contributed by atoms with Gasteiger partial charge in [0.15, 0.2) is 0 Å². The fourth-order valence-corrected chi connectivity index (χ4v) is 3.24. The summed E-state index contributed by atoms with van der Waals surface area (Å²) in [5.74, 6) is 1.08. The van der Waals surface area contributed by atoms with Gasteiger partial charge in [-0.05, 0) is 59.5 Å². The molecule has 5 nitrogen and oxygen atoms in total. The van der Waals surface area contributed by atoms with Gasteiger partial charge in [-0.3, -0.25) is 4.90 Å². The molecule has 120 valence electrons. The highest BCUT2D eigenvalue weighted by atomic mass is 15.4. The molecule has 21 heavy (non-hydrogen) atoms. The Hall–Kier alpha value is -0.940. The van der Waals surface area contributed by atoms with Gasteiger partial charge in [-0.2, -0.15) is 5.10 Å². The van der Waals surface area contributed by atoms with Crippen molar-refractivity contribution < 1.29 is 0 Å². The molecule has 0 radical (unpaired) electrons. The van der Waals surface area contributed by atoms with Gasteiger partial charge in [-0.25, -0.2) is 9.67 Å². The average molecular weight is 293 g/mol. The van der Waals surface area contributed by atoms with E-state index in [0.717, 1.165) is 25.0 Å². The number of rotatable bonds is 7. The van der Waals surface area contributed by atoms with Crippen LogP contribution in [0.5, 0.6) is 0 Å². The van der Waals surface area contributed by atoms with Crippen LogP contribution in [0.15, 0.2) is 6.33 Å². The minimum absolute atomic E-state index is 0.380. The molecule has 1 N–H and O–H groups in total. The molecular formula is C16H31N5. The maximum absolute atomic E-state index is 4.43. The molecule has 0 unspecified atom stereocenters. The molecule has 1 saturated carbocycles. The summed E-state index contributed by atoms with van der Waals surface area (Å²) < 4.78 is 2.03. The predicted molar refractivity (Wildman–Crippen MR) is 86.2 cm³/mol. The first-order valence-corrected chi connectivity index (χ1v) is 8.43. The van der Waals surface area contributed by atoms with Crippen molar-refractivity contribution in [2.24, 2.45) is 0 Å². The Morgan fingerprint density at radius 1 is 1.33 bits per heavy atom. The maximum atomic E-state index is 4.43. The van der Waals surface area contributed by atoms with Crippen LogP contribution in [0.4, 0.5) is 0 Å². The molecule has 1 aromatic heterocycles. The van der Waals surface area contributed by atoms with E-state index in [9.17, 15) is 0 Å². The zero-order chi connectivity index (χ0) is 15.2. The third kappa shape index (κ3) is 4.51. The molecule has 1 fully saturated rings. The Morgan fingerprint density at radius 2 is 2.05 bits per heavy atom. The molecule has 1 aliphatic rings. The van der Waals surface area contributed by atoms with E-state index in [1.165, 1.54) is 32.1 Å². The standard InChI is InChI=1S/C16H31N5/c1-5-10-17-14-6-8-15(9-7-14)20(4)11-16-18-12-19-21(16)13(2)3/h12-15,17H,5-11H2,1-4H3. The van der Waals surface area contributed by atoms with Gasteiger partial charge in [-0.15, -0.1) is 0 Å². The highest BCUT2D eigenvalue weighted by Gasteiger charge is 2.24. The summed E-state index contributed by atoms with van der Waals surface area (Å²) in [6.45, 7) is 8.60. The van der Waals surface area contributed by atoms with E-state index in [0.29, 0.717) is 12.1 Å². The molecule has 1 heterocycles. The summed E-state index contributed by atoms with van der Waals surface area (Å²) in [7, 11) is 2.23. The van der Waals surface area contributed by atoms with Crippen molar-refractivity contribution >= 4 is 0 Å². The van der Waals surface area contributed by atoms with E-state index < -0.39 is 0 Å². The van der Waals surface area contributed by atoms with Crippen LogP contribution in [-0.2, 0) is 6.54 Å². The summed E-state index contributed by atoms with van der Waals surface area (Å²) in [5.41, 5.74) is 0. The third-order valence-corrected chi connectivity index (χ3v) is 4.53. The second-order valence-electron chi connectivity index (χ2n) is 6.59. The van der Waals surface area contributed by atoms with Gasteiger partial charge in [0.2, 0.25) is 0 Å². The van der Waals surface area contributed by atoms with Crippen LogP contribution >= 0.6 is 0 Å². The van der Waals surface area contributed by atoms with E-state index in [2.05, 4.69) is 48.1 Å². The molecule has 5 heteroatoms. The number of nitrogens with zero attached hydrogens (tertiary/aromatic N) is 4. The topological polar surface area (TPSA) is 46.0 Å². The molecular weight excluding hydrogens is 262 g/mol. The van der Waals surface area contributed by atoms with Crippen LogP contribution in [0, 0.1) is 0 Å². The Kier molecular flexibility index (Phi) is 6.18. The van der Waals surface area contributed by atoms with Gasteiger partial charge in [-0.1, -0.05) is 6.92 Å². The lowest BCUT2D eigenvalue weighted by atomic mass is 9.90. The highest BCUT2D eigenvalue weighted by Crippen LogP contribution is 2.23. The van der Waals surface area contributed by atoms with Crippen molar-refractivity contribution in [2.45, 2.75) is 77.5 Å². The fraction of sp³-hybridized carbons (Fsp3) is 0.875. The predicted octanol–water partition coefficient (Wildman–Crippen LogP) is 2.60. The molecule has 0 aromatic carbocycles. The molecule has 0 atom stereocenters. The zero-order valence-electron chi connectivity index (χ0n) is 14.0. The quantitative estimate of drug-likeness (QED) is 0.839. The first kappa shape index (κ1) is 16.4. The number of hydrogen-bond acceptors (Lipinski definition) is 4. The number of hydrogen-bond donors (Lipinski definition) is 1. The van der Waals surface area contributed by atoms with Crippen LogP contribution in [0.1, 0.15) is 64.7 Å². The van der Waals surface area contributed by atoms with Crippen LogP contribution in [0.25, 0.3) is 0 Å². The van der Waals surface area contributed by atoms with Crippen molar-refractivity contribution in [2.75, 3.05) is 13.6 Å². The minimum Gasteiger partial charge on any atom is -0.314 e. The summed E-state index contributed by atoms with van der Waals surface area (Å²) in [4.78, 5) is 6.88. The molecule has 1 aromatic rings. The molecule has 2 rings (SSSR count). The van der Waals surface area contributed by atoms with Gasteiger partial charge < -0.3 is 5.32 Å². The molecule has 0 spiro atoms. The summed E-state index contributed by atoms with van der Waals surface area (Å²) in [6, 6.07) is 1.79. The van der Waals surface area contributed by atoms with Gasteiger partial charge in [0.1, 0.15) is 12.2 Å². The van der Waals surface area contributed by atoms with Crippen molar-refractivity contribution in [3.63, 3.8) is 0 Å². The maximum Gasteiger partial charge on any atom is 0.141 e. The highest BCUT2D eigenvalue weighted by molar-refractivity contribution is 4.89. The average Bonchev–Trinajstić information content (AvgIpc) is 2.94. The Bertz CT molecular complexity index is 407. The monoisotopic (exact) mass is 293 g/mol. The molecule has 0 saturated heterocycles. The summed E-state index contributed by atoms with van der Waals surface area (Å²) in [5, 5.41) is 7.98. The number of nitrogens with one attached hydrogen (secondary N) is 1. The first-order valence-electron chi connectivity index (χ1n) is 8.43. The second kappa shape index (κ2) is 7.90. The first-order chi connectivity index (χ1) is 10.1. The summed E-state index contributed by atoms with van der Waals surface area (Å²) >= 11 is 0. The van der Waals surface area contributed by atoms with E-state index in [1.807, 2.05) is 4.68 Å². The van der Waals surface area contributed by atoms with Crippen LogP contribution in [-0.4, -0.2) is 45.3 Å². The Morgan fingerprint density at radius 3 is 2.67 bits per heavy atom. The van der Waals surface area contributed by atoms with Gasteiger partial charge in [0, 0.05) is 18.1 Å². The lowest BCUT2D eigenvalue weighted by Gasteiger charge is -2.35. The van der Waals surface area contributed by atoms with Gasteiger partial charge in [0.25, 0.3) is 0 Å². The third-order valence-electron chi connectivity index (χ3n) is 4.53. The summed E-state index contributed by atoms with van der Waals surface area (Å²) in [6.07, 6.45) is 8.07. The van der Waals surface area contributed by atoms with E-state index >= 15 is 0 Å². The van der Waals surface area contributed by atoms with Crippen molar-refractivity contribution in [3.8, 4) is 0 Å². The van der Waals surface area contributed by atoms with Gasteiger partial charge >= 0.3 is 0 Å². The van der Waals surface area contributed by atoms with Gasteiger partial charge in [0.05, 0.1) is 6.54 Å². The molecule has 0 aliphatic heterocycles. The van der Waals surface area contributed by atoms with Crippen LogP contribution < -0.4 is 5.32 Å². The lowest BCUT2D eigenvalue weighted by Crippen LogP contribution is -2.41. The largest absolute Gasteiger partial charge is 0.314 e. The van der Waals surface area contributed by atoms with Crippen LogP contribution in [0.2, 0.25) is 0 Å². The number of aromatic nitrogens is 3. The van der Waals surface area contributed by atoms with E-state index in [4.69, 9.17) is 0 Å². The van der Waals surface area contributed by atoms with Crippen molar-refractivity contribution in [1.29, 1.82) is 0 Å². The zero-order valence-corrected chi connectivity index (χ0v) is 14.0. The molecule has 0 amide bonds. The molecule has 1 aliphatic carbocycles. The smallest absolute Gasteiger partial charge is 0.141 e. The minimum atomic E-state index is 0.380.